The van der Waals surface area contributed by atoms with E-state index in [9.17, 15) is 4.39 Å². The van der Waals surface area contributed by atoms with Crippen molar-refractivity contribution in [2.45, 2.75) is 19.4 Å². The monoisotopic (exact) mass is 317 g/mol. The lowest BCUT2D eigenvalue weighted by Crippen LogP contribution is -2.22. The SMILES string of the molecule is CCNC(Cc1ccc(Cl)c(F)c1)c1ccc(Cl)s1. The van der Waals surface area contributed by atoms with E-state index < -0.39 is 0 Å². The minimum absolute atomic E-state index is 0.142. The Balaban J connectivity index is 2.18. The van der Waals surface area contributed by atoms with Crippen LogP contribution < -0.4 is 5.32 Å². The summed E-state index contributed by atoms with van der Waals surface area (Å²) in [5.74, 6) is -0.376. The number of halogens is 3. The van der Waals surface area contributed by atoms with E-state index in [0.29, 0.717) is 6.42 Å². The Morgan fingerprint density at radius 3 is 2.63 bits per heavy atom. The van der Waals surface area contributed by atoms with Crippen molar-refractivity contribution in [1.82, 2.24) is 5.32 Å². The number of hydrogen-bond acceptors (Lipinski definition) is 2. The van der Waals surface area contributed by atoms with Crippen molar-refractivity contribution in [3.05, 3.63) is 55.9 Å². The summed E-state index contributed by atoms with van der Waals surface area (Å²) in [6, 6.07) is 8.97. The van der Waals surface area contributed by atoms with Gasteiger partial charge in [-0.25, -0.2) is 4.39 Å². The lowest BCUT2D eigenvalue weighted by molar-refractivity contribution is 0.554. The molecule has 19 heavy (non-hydrogen) atoms. The smallest absolute Gasteiger partial charge is 0.142 e. The molecule has 5 heteroatoms. The van der Waals surface area contributed by atoms with Crippen LogP contribution in [0.15, 0.2) is 30.3 Å². The van der Waals surface area contributed by atoms with Crippen molar-refractivity contribution in [3.8, 4) is 0 Å². The minimum atomic E-state index is -0.376. The Bertz CT molecular complexity index is 556. The summed E-state index contributed by atoms with van der Waals surface area (Å²) in [4.78, 5) is 1.15. The van der Waals surface area contributed by atoms with Crippen LogP contribution in [0, 0.1) is 5.82 Å². The van der Waals surface area contributed by atoms with Crippen molar-refractivity contribution in [3.63, 3.8) is 0 Å². The molecule has 102 valence electrons. The van der Waals surface area contributed by atoms with E-state index >= 15 is 0 Å². The highest BCUT2D eigenvalue weighted by Crippen LogP contribution is 2.29. The van der Waals surface area contributed by atoms with Gasteiger partial charge in [-0.05, 0) is 42.8 Å². The van der Waals surface area contributed by atoms with Gasteiger partial charge in [0, 0.05) is 10.9 Å². The second-order valence-corrected chi connectivity index (χ2v) is 6.36. The van der Waals surface area contributed by atoms with Crippen molar-refractivity contribution < 1.29 is 4.39 Å². The van der Waals surface area contributed by atoms with Crippen LogP contribution in [0.5, 0.6) is 0 Å². The molecule has 1 nitrogen and oxygen atoms in total. The highest BCUT2D eigenvalue weighted by molar-refractivity contribution is 7.16. The fourth-order valence-electron chi connectivity index (χ4n) is 1.94. The lowest BCUT2D eigenvalue weighted by atomic mass is 10.0. The maximum absolute atomic E-state index is 13.5. The van der Waals surface area contributed by atoms with Gasteiger partial charge >= 0.3 is 0 Å². The second kappa shape index (κ2) is 6.71. The molecule has 2 aromatic rings. The third-order valence-corrected chi connectivity index (χ3v) is 4.46. The molecule has 1 aromatic carbocycles. The summed E-state index contributed by atoms with van der Waals surface area (Å²) >= 11 is 13.2. The maximum Gasteiger partial charge on any atom is 0.142 e. The second-order valence-electron chi connectivity index (χ2n) is 4.20. The highest BCUT2D eigenvalue weighted by atomic mass is 35.5. The molecule has 0 fully saturated rings. The molecule has 1 aromatic heterocycles. The lowest BCUT2D eigenvalue weighted by Gasteiger charge is -2.16. The van der Waals surface area contributed by atoms with Gasteiger partial charge in [0.15, 0.2) is 0 Å². The molecule has 1 atom stereocenters. The largest absolute Gasteiger partial charge is 0.309 e. The topological polar surface area (TPSA) is 12.0 Å². The average Bonchev–Trinajstić information content (AvgIpc) is 2.80. The normalized spacial score (nSPS) is 12.6. The molecule has 2 rings (SSSR count). The van der Waals surface area contributed by atoms with Crippen LogP contribution in [0.2, 0.25) is 9.36 Å². The molecule has 0 aliphatic rings. The maximum atomic E-state index is 13.5. The number of rotatable bonds is 5. The fraction of sp³-hybridized carbons (Fsp3) is 0.286. The molecular formula is C14H14Cl2FNS. The third kappa shape index (κ3) is 3.93. The van der Waals surface area contributed by atoms with Gasteiger partial charge < -0.3 is 5.32 Å². The highest BCUT2D eigenvalue weighted by Gasteiger charge is 2.14. The van der Waals surface area contributed by atoms with Crippen molar-refractivity contribution in [2.75, 3.05) is 6.54 Å². The molecule has 0 amide bonds. The number of hydrogen-bond donors (Lipinski definition) is 1. The summed E-state index contributed by atoms with van der Waals surface area (Å²) < 4.78 is 14.2. The van der Waals surface area contributed by atoms with E-state index in [1.807, 2.05) is 25.1 Å². The molecule has 0 bridgehead atoms. The zero-order valence-electron chi connectivity index (χ0n) is 10.4. The summed E-state index contributed by atoms with van der Waals surface area (Å²) in [6.45, 7) is 2.89. The number of nitrogens with one attached hydrogen (secondary N) is 1. The Labute approximate surface area is 126 Å². The zero-order valence-corrected chi connectivity index (χ0v) is 12.7. The third-order valence-electron chi connectivity index (χ3n) is 2.81. The van der Waals surface area contributed by atoms with Gasteiger partial charge in [0.2, 0.25) is 0 Å². The Hall–Kier alpha value is -0.610. The Kier molecular flexibility index (Phi) is 5.22. The van der Waals surface area contributed by atoms with E-state index in [1.165, 1.54) is 6.07 Å². The zero-order chi connectivity index (χ0) is 13.8. The van der Waals surface area contributed by atoms with Gasteiger partial charge in [0.1, 0.15) is 5.82 Å². The van der Waals surface area contributed by atoms with E-state index in [4.69, 9.17) is 23.2 Å². The molecule has 0 aliphatic heterocycles. The van der Waals surface area contributed by atoms with Gasteiger partial charge in [0.05, 0.1) is 9.36 Å². The molecule has 0 saturated heterocycles. The van der Waals surface area contributed by atoms with E-state index in [0.717, 1.165) is 21.3 Å². The minimum Gasteiger partial charge on any atom is -0.309 e. The fourth-order valence-corrected chi connectivity index (χ4v) is 3.19. The molecule has 0 radical (unpaired) electrons. The van der Waals surface area contributed by atoms with Crippen LogP contribution in [-0.4, -0.2) is 6.54 Å². The Morgan fingerprint density at radius 2 is 2.05 bits per heavy atom. The van der Waals surface area contributed by atoms with Gasteiger partial charge in [-0.3, -0.25) is 0 Å². The predicted molar refractivity (Wildman–Crippen MR) is 80.9 cm³/mol. The van der Waals surface area contributed by atoms with Gasteiger partial charge in [0.25, 0.3) is 0 Å². The molecule has 1 heterocycles. The first-order valence-corrected chi connectivity index (χ1v) is 7.60. The van der Waals surface area contributed by atoms with Crippen LogP contribution in [-0.2, 0) is 6.42 Å². The number of likely N-dealkylation sites (N-methyl/N-ethyl adjacent to an activating group) is 1. The summed E-state index contributed by atoms with van der Waals surface area (Å²) in [7, 11) is 0. The Morgan fingerprint density at radius 1 is 1.26 bits per heavy atom. The van der Waals surface area contributed by atoms with Gasteiger partial charge in [-0.1, -0.05) is 36.2 Å². The van der Waals surface area contributed by atoms with Crippen molar-refractivity contribution >= 4 is 34.5 Å². The summed E-state index contributed by atoms with van der Waals surface area (Å²) in [5, 5.41) is 3.55. The first-order chi connectivity index (χ1) is 9.10. The van der Waals surface area contributed by atoms with Crippen LogP contribution in [0.3, 0.4) is 0 Å². The number of benzene rings is 1. The molecule has 0 spiro atoms. The summed E-state index contributed by atoms with van der Waals surface area (Å²) in [5.41, 5.74) is 0.914. The molecule has 1 N–H and O–H groups in total. The molecular weight excluding hydrogens is 304 g/mol. The number of thiophene rings is 1. The quantitative estimate of drug-likeness (QED) is 0.810. The van der Waals surface area contributed by atoms with Crippen LogP contribution in [0.1, 0.15) is 23.4 Å². The molecule has 1 unspecified atom stereocenters. The molecule has 0 aliphatic carbocycles. The standard InChI is InChI=1S/C14H14Cl2FNS/c1-2-18-12(13-5-6-14(16)19-13)8-9-3-4-10(15)11(17)7-9/h3-7,12,18H,2,8H2,1H3. The van der Waals surface area contributed by atoms with Crippen LogP contribution in [0.25, 0.3) is 0 Å². The van der Waals surface area contributed by atoms with Crippen molar-refractivity contribution in [2.24, 2.45) is 0 Å². The van der Waals surface area contributed by atoms with E-state index in [2.05, 4.69) is 5.32 Å². The van der Waals surface area contributed by atoms with Gasteiger partial charge in [-0.15, -0.1) is 11.3 Å². The average molecular weight is 318 g/mol. The predicted octanol–water partition coefficient (Wildman–Crippen LogP) is 5.09. The van der Waals surface area contributed by atoms with Gasteiger partial charge in [-0.2, -0.15) is 0 Å². The first kappa shape index (κ1) is 14.8. The van der Waals surface area contributed by atoms with E-state index in [-0.39, 0.29) is 16.9 Å². The van der Waals surface area contributed by atoms with E-state index in [1.54, 1.807) is 17.4 Å². The summed E-state index contributed by atoms with van der Waals surface area (Å²) in [6.07, 6.45) is 0.707. The van der Waals surface area contributed by atoms with Crippen molar-refractivity contribution in [1.29, 1.82) is 0 Å². The molecule has 0 saturated carbocycles. The van der Waals surface area contributed by atoms with Crippen LogP contribution in [0.4, 0.5) is 4.39 Å². The first-order valence-electron chi connectivity index (χ1n) is 6.02. The van der Waals surface area contributed by atoms with Crippen LogP contribution >= 0.6 is 34.5 Å².